The van der Waals surface area contributed by atoms with Crippen molar-refractivity contribution < 1.29 is 14.3 Å². The normalized spacial score (nSPS) is 15.0. The largest absolute Gasteiger partial charge is 0.489 e. The molecule has 0 atom stereocenters. The van der Waals surface area contributed by atoms with Gasteiger partial charge in [0.2, 0.25) is 0 Å². The Hall–Kier alpha value is -2.54. The van der Waals surface area contributed by atoms with Gasteiger partial charge in [0.05, 0.1) is 11.4 Å². The predicted octanol–water partition coefficient (Wildman–Crippen LogP) is 6.92. The summed E-state index contributed by atoms with van der Waals surface area (Å²) in [5.74, 6) is 0.406. The van der Waals surface area contributed by atoms with Gasteiger partial charge < -0.3 is 4.74 Å². The number of thioether (sulfide) groups is 1. The van der Waals surface area contributed by atoms with Crippen molar-refractivity contribution in [3.63, 3.8) is 0 Å². The lowest BCUT2D eigenvalue weighted by molar-refractivity contribution is -0.123. The van der Waals surface area contributed by atoms with E-state index in [0.29, 0.717) is 22.3 Å². The molecular formula is C24H17BrClNO3S. The zero-order valence-corrected chi connectivity index (χ0v) is 19.4. The maximum absolute atomic E-state index is 12.8. The molecule has 4 rings (SSSR count). The SMILES string of the molecule is O=C1S/C(=C/c2ccc(OCc3ccccc3Cl)cc2)C(=O)N1Cc1ccccc1Br. The van der Waals surface area contributed by atoms with Gasteiger partial charge in [-0.25, -0.2) is 0 Å². The van der Waals surface area contributed by atoms with Gasteiger partial charge in [0.1, 0.15) is 12.4 Å². The Morgan fingerprint density at radius 2 is 1.61 bits per heavy atom. The van der Waals surface area contributed by atoms with Crippen LogP contribution >= 0.6 is 39.3 Å². The topological polar surface area (TPSA) is 46.6 Å². The van der Waals surface area contributed by atoms with E-state index in [9.17, 15) is 9.59 Å². The second-order valence-electron chi connectivity index (χ2n) is 6.81. The van der Waals surface area contributed by atoms with Crippen LogP contribution in [0.1, 0.15) is 16.7 Å². The Morgan fingerprint density at radius 1 is 0.935 bits per heavy atom. The van der Waals surface area contributed by atoms with Crippen LogP contribution in [0.15, 0.2) is 82.2 Å². The number of rotatable bonds is 6. The smallest absolute Gasteiger partial charge is 0.293 e. The van der Waals surface area contributed by atoms with Crippen LogP contribution in [0, 0.1) is 0 Å². The van der Waals surface area contributed by atoms with Gasteiger partial charge in [-0.3, -0.25) is 14.5 Å². The minimum atomic E-state index is -0.287. The van der Waals surface area contributed by atoms with Crippen molar-refractivity contribution in [2.24, 2.45) is 0 Å². The molecule has 2 amide bonds. The molecule has 4 nitrogen and oxygen atoms in total. The van der Waals surface area contributed by atoms with Gasteiger partial charge in [-0.15, -0.1) is 0 Å². The third-order valence-corrected chi connectivity index (χ3v) is 6.74. The fraction of sp³-hybridized carbons (Fsp3) is 0.0833. The number of halogens is 2. The molecule has 0 spiro atoms. The number of hydrogen-bond donors (Lipinski definition) is 0. The Labute approximate surface area is 198 Å². The van der Waals surface area contributed by atoms with Gasteiger partial charge in [0.25, 0.3) is 11.1 Å². The van der Waals surface area contributed by atoms with E-state index in [4.69, 9.17) is 16.3 Å². The lowest BCUT2D eigenvalue weighted by atomic mass is 10.2. The first kappa shape index (κ1) is 21.7. The number of nitrogens with zero attached hydrogens (tertiary/aromatic N) is 1. The second-order valence-corrected chi connectivity index (χ2v) is 9.06. The Kier molecular flexibility index (Phi) is 6.80. The van der Waals surface area contributed by atoms with Gasteiger partial charge in [0.15, 0.2) is 0 Å². The quantitative estimate of drug-likeness (QED) is 0.335. The molecule has 0 aromatic heterocycles. The van der Waals surface area contributed by atoms with Crippen LogP contribution in [-0.4, -0.2) is 16.0 Å². The lowest BCUT2D eigenvalue weighted by Crippen LogP contribution is -2.27. The number of ether oxygens (including phenoxy) is 1. The van der Waals surface area contributed by atoms with Gasteiger partial charge in [0, 0.05) is 15.1 Å². The molecule has 0 aliphatic carbocycles. The summed E-state index contributed by atoms with van der Waals surface area (Å²) in [5.41, 5.74) is 2.61. The predicted molar refractivity (Wildman–Crippen MR) is 128 cm³/mol. The van der Waals surface area contributed by atoms with Gasteiger partial charge in [-0.2, -0.15) is 0 Å². The molecule has 0 radical (unpaired) electrons. The minimum Gasteiger partial charge on any atom is -0.489 e. The van der Waals surface area contributed by atoms with Gasteiger partial charge in [-0.1, -0.05) is 76.1 Å². The number of carbonyl (C=O) groups excluding carboxylic acids is 2. The molecule has 1 saturated heterocycles. The van der Waals surface area contributed by atoms with E-state index >= 15 is 0 Å². The number of imide groups is 1. The fourth-order valence-corrected chi connectivity index (χ4v) is 4.46. The van der Waals surface area contributed by atoms with E-state index in [1.165, 1.54) is 4.90 Å². The molecule has 31 heavy (non-hydrogen) atoms. The van der Waals surface area contributed by atoms with Crippen LogP contribution in [0.3, 0.4) is 0 Å². The Bertz CT molecular complexity index is 1160. The number of amides is 2. The summed E-state index contributed by atoms with van der Waals surface area (Å²) in [4.78, 5) is 26.8. The fourth-order valence-electron chi connectivity index (χ4n) is 3.02. The van der Waals surface area contributed by atoms with Crippen molar-refractivity contribution in [3.05, 3.63) is 104 Å². The Balaban J connectivity index is 1.42. The molecule has 1 aliphatic rings. The lowest BCUT2D eigenvalue weighted by Gasteiger charge is -2.13. The summed E-state index contributed by atoms with van der Waals surface area (Å²) < 4.78 is 6.65. The first-order valence-electron chi connectivity index (χ1n) is 9.46. The van der Waals surface area contributed by atoms with Crippen LogP contribution in [0.2, 0.25) is 5.02 Å². The average molecular weight is 515 g/mol. The average Bonchev–Trinajstić information content (AvgIpc) is 3.03. The second kappa shape index (κ2) is 9.73. The van der Waals surface area contributed by atoms with Crippen LogP contribution < -0.4 is 4.74 Å². The van der Waals surface area contributed by atoms with Crippen LogP contribution in [-0.2, 0) is 17.9 Å². The van der Waals surface area contributed by atoms with E-state index in [1.54, 1.807) is 6.08 Å². The summed E-state index contributed by atoms with van der Waals surface area (Å²) in [7, 11) is 0. The molecule has 1 fully saturated rings. The van der Waals surface area contributed by atoms with E-state index < -0.39 is 0 Å². The molecule has 7 heteroatoms. The molecule has 1 heterocycles. The minimum absolute atomic E-state index is 0.234. The molecule has 0 unspecified atom stereocenters. The van der Waals surface area contributed by atoms with Crippen molar-refractivity contribution >= 4 is 56.5 Å². The highest BCUT2D eigenvalue weighted by atomic mass is 79.9. The van der Waals surface area contributed by atoms with Crippen molar-refractivity contribution in [2.45, 2.75) is 13.2 Å². The first-order chi connectivity index (χ1) is 15.0. The number of hydrogen-bond acceptors (Lipinski definition) is 4. The van der Waals surface area contributed by atoms with Gasteiger partial charge >= 0.3 is 0 Å². The maximum Gasteiger partial charge on any atom is 0.293 e. The van der Waals surface area contributed by atoms with Crippen molar-refractivity contribution in [3.8, 4) is 5.75 Å². The zero-order valence-electron chi connectivity index (χ0n) is 16.3. The molecule has 3 aromatic rings. The van der Waals surface area contributed by atoms with Gasteiger partial charge in [-0.05, 0) is 53.2 Å². The third kappa shape index (κ3) is 5.21. The molecule has 0 bridgehead atoms. The monoisotopic (exact) mass is 513 g/mol. The molecule has 0 N–H and O–H groups in total. The summed E-state index contributed by atoms with van der Waals surface area (Å²) in [6.07, 6.45) is 1.72. The zero-order chi connectivity index (χ0) is 21.8. The van der Waals surface area contributed by atoms with E-state index in [2.05, 4.69) is 15.9 Å². The van der Waals surface area contributed by atoms with E-state index in [1.807, 2.05) is 72.8 Å². The molecule has 1 aliphatic heterocycles. The first-order valence-corrected chi connectivity index (χ1v) is 11.4. The highest BCUT2D eigenvalue weighted by Crippen LogP contribution is 2.34. The van der Waals surface area contributed by atoms with Crippen LogP contribution in [0.25, 0.3) is 6.08 Å². The van der Waals surface area contributed by atoms with Crippen molar-refractivity contribution in [1.29, 1.82) is 0 Å². The number of benzene rings is 3. The van der Waals surface area contributed by atoms with Crippen LogP contribution in [0.4, 0.5) is 4.79 Å². The highest BCUT2D eigenvalue weighted by Gasteiger charge is 2.35. The highest BCUT2D eigenvalue weighted by molar-refractivity contribution is 9.10. The van der Waals surface area contributed by atoms with Crippen molar-refractivity contribution in [2.75, 3.05) is 0 Å². The van der Waals surface area contributed by atoms with Crippen LogP contribution in [0.5, 0.6) is 5.75 Å². The van der Waals surface area contributed by atoms with E-state index in [0.717, 1.165) is 32.9 Å². The molecule has 0 saturated carbocycles. The standard InChI is InChI=1S/C24H17BrClNO3S/c25-20-7-3-1-5-17(20)14-27-23(28)22(31-24(27)29)13-16-9-11-19(12-10-16)30-15-18-6-2-4-8-21(18)26/h1-13H,14-15H2/b22-13+. The summed E-state index contributed by atoms with van der Waals surface area (Å²) in [6.45, 7) is 0.602. The van der Waals surface area contributed by atoms with Crippen molar-refractivity contribution in [1.82, 2.24) is 4.90 Å². The molecule has 156 valence electrons. The summed E-state index contributed by atoms with van der Waals surface area (Å²) in [5, 5.41) is 0.393. The summed E-state index contributed by atoms with van der Waals surface area (Å²) >= 11 is 10.6. The number of carbonyl (C=O) groups is 2. The summed E-state index contributed by atoms with van der Waals surface area (Å²) in [6, 6.07) is 22.4. The molecular weight excluding hydrogens is 498 g/mol. The maximum atomic E-state index is 12.8. The third-order valence-electron chi connectivity index (χ3n) is 4.69. The Morgan fingerprint density at radius 3 is 2.32 bits per heavy atom. The van der Waals surface area contributed by atoms with E-state index in [-0.39, 0.29) is 17.7 Å². The molecule has 3 aromatic carbocycles.